The molecule has 1 aliphatic carbocycles. The molecule has 2 aromatic heterocycles. The van der Waals surface area contributed by atoms with Crippen molar-refractivity contribution in [2.24, 2.45) is 5.92 Å². The molecule has 0 radical (unpaired) electrons. The van der Waals surface area contributed by atoms with Crippen molar-refractivity contribution in [3.8, 4) is 11.1 Å². The van der Waals surface area contributed by atoms with Crippen LogP contribution in [0, 0.1) is 5.92 Å². The van der Waals surface area contributed by atoms with Gasteiger partial charge < -0.3 is 20.1 Å². The minimum absolute atomic E-state index is 0.0348. The van der Waals surface area contributed by atoms with Crippen LogP contribution in [0.5, 0.6) is 0 Å². The maximum atomic E-state index is 12.7. The predicted molar refractivity (Wildman–Crippen MR) is 123 cm³/mol. The number of anilines is 1. The Morgan fingerprint density at radius 2 is 2.03 bits per heavy atom. The summed E-state index contributed by atoms with van der Waals surface area (Å²) in [5.41, 5.74) is 2.59. The van der Waals surface area contributed by atoms with Gasteiger partial charge in [-0.05, 0) is 42.5 Å². The van der Waals surface area contributed by atoms with Gasteiger partial charge >= 0.3 is 0 Å². The summed E-state index contributed by atoms with van der Waals surface area (Å²) in [5.74, 6) is 0.670. The van der Waals surface area contributed by atoms with Crippen LogP contribution in [0.25, 0.3) is 11.1 Å². The second-order valence-electron chi connectivity index (χ2n) is 8.80. The van der Waals surface area contributed by atoms with Gasteiger partial charge in [0.15, 0.2) is 0 Å². The van der Waals surface area contributed by atoms with Crippen molar-refractivity contribution in [3.05, 3.63) is 59.3 Å². The van der Waals surface area contributed by atoms with Crippen molar-refractivity contribution >= 4 is 11.6 Å². The van der Waals surface area contributed by atoms with E-state index in [-0.39, 0.29) is 17.5 Å². The Labute approximate surface area is 183 Å². The third-order valence-corrected chi connectivity index (χ3v) is 5.88. The van der Waals surface area contributed by atoms with Gasteiger partial charge in [0.2, 0.25) is 5.91 Å². The van der Waals surface area contributed by atoms with E-state index in [9.17, 15) is 9.59 Å². The second kappa shape index (κ2) is 9.47. The summed E-state index contributed by atoms with van der Waals surface area (Å²) in [5, 5.41) is 3.27. The average Bonchev–Trinajstić information content (AvgIpc) is 3.54. The van der Waals surface area contributed by atoms with Crippen molar-refractivity contribution in [1.29, 1.82) is 0 Å². The molecule has 1 aliphatic heterocycles. The Bertz CT molecular complexity index is 975. The highest BCUT2D eigenvalue weighted by molar-refractivity contribution is 5.88. The number of nitrogens with one attached hydrogen (secondary N) is 2. The predicted octanol–water partition coefficient (Wildman–Crippen LogP) is 2.42. The Morgan fingerprint density at radius 3 is 2.71 bits per heavy atom. The summed E-state index contributed by atoms with van der Waals surface area (Å²) in [6.07, 6.45) is 11.2. The van der Waals surface area contributed by atoms with Crippen molar-refractivity contribution in [3.63, 3.8) is 0 Å². The van der Waals surface area contributed by atoms with Crippen LogP contribution >= 0.6 is 0 Å². The molecule has 0 aromatic carbocycles. The number of nitrogens with zero attached hydrogens (tertiary/aromatic N) is 3. The third kappa shape index (κ3) is 5.41. The number of hydrogen-bond acceptors (Lipinski definition) is 5. The Hall–Kier alpha value is -2.93. The van der Waals surface area contributed by atoms with Crippen LogP contribution in [-0.4, -0.2) is 59.0 Å². The molecule has 31 heavy (non-hydrogen) atoms. The van der Waals surface area contributed by atoms with Crippen LogP contribution in [0.4, 0.5) is 5.69 Å². The Kier molecular flexibility index (Phi) is 6.51. The number of H-pyrrole nitrogens is 1. The minimum Gasteiger partial charge on any atom is -0.360 e. The molecular formula is C24H31N5O2. The number of hydrogen-bond donors (Lipinski definition) is 2. The topological polar surface area (TPSA) is 81.3 Å². The molecule has 1 saturated carbocycles. The zero-order chi connectivity index (χ0) is 21.8. The number of carbonyl (C=O) groups is 1. The van der Waals surface area contributed by atoms with Gasteiger partial charge in [-0.3, -0.25) is 14.6 Å². The fourth-order valence-corrected chi connectivity index (χ4v) is 3.82. The van der Waals surface area contributed by atoms with Gasteiger partial charge in [0.1, 0.15) is 5.69 Å². The fraction of sp³-hybridized carbons (Fsp3) is 0.458. The number of rotatable bonds is 9. The van der Waals surface area contributed by atoms with E-state index >= 15 is 0 Å². The van der Waals surface area contributed by atoms with Gasteiger partial charge in [0.05, 0.1) is 6.04 Å². The van der Waals surface area contributed by atoms with Crippen molar-refractivity contribution in [2.45, 2.75) is 38.8 Å². The molecular weight excluding hydrogens is 390 g/mol. The van der Waals surface area contributed by atoms with Gasteiger partial charge in [-0.25, -0.2) is 0 Å². The highest BCUT2D eigenvalue weighted by atomic mass is 16.2. The van der Waals surface area contributed by atoms with Crippen LogP contribution in [0.15, 0.2) is 53.7 Å². The molecule has 0 bridgehead atoms. The maximum Gasteiger partial charge on any atom is 0.271 e. The Balaban J connectivity index is 1.46. The van der Waals surface area contributed by atoms with Crippen molar-refractivity contribution in [2.75, 3.05) is 31.1 Å². The molecule has 2 aliphatic rings. The number of pyridine rings is 2. The molecule has 2 aromatic rings. The van der Waals surface area contributed by atoms with Gasteiger partial charge in [-0.15, -0.1) is 0 Å². The molecule has 1 amide bonds. The van der Waals surface area contributed by atoms with E-state index in [4.69, 9.17) is 0 Å². The summed E-state index contributed by atoms with van der Waals surface area (Å²) < 4.78 is 0. The SMILES string of the molecule is CC(C)NCC=CC(=O)N1CC(N(CC2CC2)c2cc(-c3ccncc3)c[nH]c2=O)C1. The number of carbonyl (C=O) groups excluding carboxylic acids is 1. The van der Waals surface area contributed by atoms with E-state index in [1.807, 2.05) is 29.2 Å². The highest BCUT2D eigenvalue weighted by Crippen LogP contribution is 2.33. The first-order valence-corrected chi connectivity index (χ1v) is 11.1. The lowest BCUT2D eigenvalue weighted by atomic mass is 10.0. The summed E-state index contributed by atoms with van der Waals surface area (Å²) in [4.78, 5) is 36.2. The quantitative estimate of drug-likeness (QED) is 0.608. The summed E-state index contributed by atoms with van der Waals surface area (Å²) >= 11 is 0. The highest BCUT2D eigenvalue weighted by Gasteiger charge is 2.37. The van der Waals surface area contributed by atoms with Crippen LogP contribution < -0.4 is 15.8 Å². The number of aromatic amines is 1. The van der Waals surface area contributed by atoms with Crippen LogP contribution in [0.2, 0.25) is 0 Å². The number of aromatic nitrogens is 2. The summed E-state index contributed by atoms with van der Waals surface area (Å²) in [7, 11) is 0. The lowest BCUT2D eigenvalue weighted by Gasteiger charge is -2.46. The number of amides is 1. The summed E-state index contributed by atoms with van der Waals surface area (Å²) in [6, 6.07) is 6.41. The first kappa shape index (κ1) is 21.3. The zero-order valence-electron chi connectivity index (χ0n) is 18.3. The first-order valence-electron chi connectivity index (χ1n) is 11.1. The second-order valence-corrected chi connectivity index (χ2v) is 8.80. The molecule has 0 atom stereocenters. The van der Waals surface area contributed by atoms with E-state index in [0.717, 1.165) is 17.7 Å². The lowest BCUT2D eigenvalue weighted by molar-refractivity contribution is -0.130. The van der Waals surface area contributed by atoms with Crippen LogP contribution in [0.3, 0.4) is 0 Å². The largest absolute Gasteiger partial charge is 0.360 e. The molecule has 1 saturated heterocycles. The van der Waals surface area contributed by atoms with Crippen molar-refractivity contribution in [1.82, 2.24) is 20.2 Å². The molecule has 7 heteroatoms. The van der Waals surface area contributed by atoms with Gasteiger partial charge in [-0.2, -0.15) is 0 Å². The van der Waals surface area contributed by atoms with E-state index in [0.29, 0.717) is 37.3 Å². The standard InChI is InChI=1S/C24H31N5O2/c1-17(2)26-9-3-4-23(30)28-15-21(16-28)29(14-18-5-6-18)22-12-20(13-27-24(22)31)19-7-10-25-11-8-19/h3-4,7-8,10-13,17-18,21,26H,5-6,9,14-16H2,1-2H3,(H,27,31). The van der Waals surface area contributed by atoms with Gasteiger partial charge in [0.25, 0.3) is 5.56 Å². The molecule has 0 spiro atoms. The molecule has 2 fully saturated rings. The zero-order valence-corrected chi connectivity index (χ0v) is 18.3. The smallest absolute Gasteiger partial charge is 0.271 e. The van der Waals surface area contributed by atoms with E-state index in [1.54, 1.807) is 24.7 Å². The van der Waals surface area contributed by atoms with Gasteiger partial charge in [-0.1, -0.05) is 19.9 Å². The molecule has 4 rings (SSSR count). The Morgan fingerprint density at radius 1 is 1.29 bits per heavy atom. The third-order valence-electron chi connectivity index (χ3n) is 5.88. The van der Waals surface area contributed by atoms with Crippen LogP contribution in [-0.2, 0) is 4.79 Å². The fourth-order valence-electron chi connectivity index (χ4n) is 3.82. The van der Waals surface area contributed by atoms with E-state index in [2.05, 4.69) is 34.0 Å². The molecule has 0 unspecified atom stereocenters. The monoisotopic (exact) mass is 421 g/mol. The van der Waals surface area contributed by atoms with Crippen LogP contribution in [0.1, 0.15) is 26.7 Å². The maximum absolute atomic E-state index is 12.7. The minimum atomic E-state index is -0.0807. The van der Waals surface area contributed by atoms with E-state index < -0.39 is 0 Å². The number of likely N-dealkylation sites (tertiary alicyclic amines) is 1. The molecule has 164 valence electrons. The first-order chi connectivity index (χ1) is 15.0. The normalized spacial score (nSPS) is 16.7. The molecule has 3 heterocycles. The van der Waals surface area contributed by atoms with E-state index in [1.165, 1.54) is 12.8 Å². The van der Waals surface area contributed by atoms with Crippen molar-refractivity contribution < 1.29 is 4.79 Å². The molecule has 7 nitrogen and oxygen atoms in total. The average molecular weight is 422 g/mol. The molecule has 2 N–H and O–H groups in total. The summed E-state index contributed by atoms with van der Waals surface area (Å²) in [6.45, 7) is 7.00. The van der Waals surface area contributed by atoms with Gasteiger partial charge in [0, 0.05) is 62.5 Å². The lowest BCUT2D eigenvalue weighted by Crippen LogP contribution is -2.62.